The Kier molecular flexibility index (Phi) is 4.98. The Morgan fingerprint density at radius 3 is 2.76 bits per heavy atom. The maximum atomic E-state index is 13.7. The summed E-state index contributed by atoms with van der Waals surface area (Å²) in [5.41, 5.74) is 0.895. The molecule has 2 aromatic carbocycles. The average Bonchev–Trinajstić information content (AvgIpc) is 3.49. The van der Waals surface area contributed by atoms with Gasteiger partial charge in [-0.2, -0.15) is 0 Å². The van der Waals surface area contributed by atoms with E-state index in [1.54, 1.807) is 37.3 Å². The number of aliphatic hydroxyl groups excluding tert-OH is 1. The maximum Gasteiger partial charge on any atom is 0.296 e. The summed E-state index contributed by atoms with van der Waals surface area (Å²) in [6.45, 7) is 1.69. The predicted octanol–water partition coefficient (Wildman–Crippen LogP) is 5.13. The second-order valence-electron chi connectivity index (χ2n) is 7.46. The van der Waals surface area contributed by atoms with Crippen molar-refractivity contribution in [3.63, 3.8) is 0 Å². The number of nitrogens with zero attached hydrogens (tertiary/aromatic N) is 2. The van der Waals surface area contributed by atoms with E-state index in [-0.39, 0.29) is 16.5 Å². The van der Waals surface area contributed by atoms with Crippen LogP contribution in [-0.2, 0) is 4.79 Å². The number of anilines is 1. The number of Topliss-reactive ketones (excluding diaryl/α,β-unsaturated/α-hetero) is 1. The molecule has 0 unspecified atom stereocenters. The zero-order valence-corrected chi connectivity index (χ0v) is 18.4. The smallest absolute Gasteiger partial charge is 0.296 e. The number of ether oxygens (including phenoxy) is 1. The Morgan fingerprint density at radius 2 is 2.03 bits per heavy atom. The standard InChI is InChI=1S/C24H17FN2O5S/c1-12-6-9-17(32-12)21(28)19-20(13-4-3-5-15(10-13)31-2)27(23(30)22(19)29)24-26-16-8-7-14(25)11-18(16)33-24/h3-11,20,29H,1-2H3/t20-/m0/s1. The molecule has 4 aromatic rings. The van der Waals surface area contributed by atoms with E-state index in [0.29, 0.717) is 27.3 Å². The van der Waals surface area contributed by atoms with E-state index in [9.17, 15) is 19.1 Å². The van der Waals surface area contributed by atoms with Gasteiger partial charge in [0.15, 0.2) is 16.7 Å². The van der Waals surface area contributed by atoms with Gasteiger partial charge in [0, 0.05) is 0 Å². The van der Waals surface area contributed by atoms with Crippen LogP contribution in [0.15, 0.2) is 70.3 Å². The molecule has 2 aromatic heterocycles. The number of amides is 1. The molecule has 166 valence electrons. The third kappa shape index (κ3) is 3.46. The van der Waals surface area contributed by atoms with Gasteiger partial charge in [-0.05, 0) is 55.0 Å². The molecule has 0 saturated heterocycles. The number of aryl methyl sites for hydroxylation is 1. The summed E-state index contributed by atoms with van der Waals surface area (Å²) in [6, 6.07) is 13.1. The molecule has 1 atom stereocenters. The second kappa shape index (κ2) is 7.86. The first-order chi connectivity index (χ1) is 15.9. The largest absolute Gasteiger partial charge is 0.503 e. The number of rotatable bonds is 5. The normalized spacial score (nSPS) is 16.2. The van der Waals surface area contributed by atoms with Crippen molar-refractivity contribution in [2.24, 2.45) is 0 Å². The molecule has 1 amide bonds. The van der Waals surface area contributed by atoms with Gasteiger partial charge in [0.1, 0.15) is 17.3 Å². The van der Waals surface area contributed by atoms with Gasteiger partial charge in [-0.1, -0.05) is 23.5 Å². The molecular weight excluding hydrogens is 447 g/mol. The topological polar surface area (TPSA) is 92.9 Å². The fourth-order valence-corrected chi connectivity index (χ4v) is 4.86. The van der Waals surface area contributed by atoms with E-state index in [1.807, 2.05) is 0 Å². The first-order valence-corrected chi connectivity index (χ1v) is 10.8. The molecule has 1 aliphatic rings. The van der Waals surface area contributed by atoms with Crippen LogP contribution in [0, 0.1) is 12.7 Å². The van der Waals surface area contributed by atoms with E-state index in [0.717, 1.165) is 11.3 Å². The first-order valence-electron chi connectivity index (χ1n) is 9.95. The van der Waals surface area contributed by atoms with E-state index in [2.05, 4.69) is 4.98 Å². The monoisotopic (exact) mass is 464 g/mol. The minimum atomic E-state index is -0.990. The minimum Gasteiger partial charge on any atom is -0.503 e. The van der Waals surface area contributed by atoms with Crippen LogP contribution >= 0.6 is 11.3 Å². The number of methoxy groups -OCH3 is 1. The van der Waals surface area contributed by atoms with Crippen molar-refractivity contribution in [2.75, 3.05) is 12.0 Å². The van der Waals surface area contributed by atoms with Gasteiger partial charge >= 0.3 is 0 Å². The number of aliphatic hydroxyl groups is 1. The number of halogens is 1. The number of furan rings is 1. The number of aromatic nitrogens is 1. The highest BCUT2D eigenvalue weighted by atomic mass is 32.1. The molecule has 33 heavy (non-hydrogen) atoms. The zero-order chi connectivity index (χ0) is 23.3. The Morgan fingerprint density at radius 1 is 1.21 bits per heavy atom. The summed E-state index contributed by atoms with van der Waals surface area (Å²) in [4.78, 5) is 32.3. The van der Waals surface area contributed by atoms with Gasteiger partial charge in [-0.15, -0.1) is 0 Å². The fraction of sp³-hybridized carbons (Fsp3) is 0.125. The molecule has 1 N–H and O–H groups in total. The molecule has 7 nitrogen and oxygen atoms in total. The van der Waals surface area contributed by atoms with Crippen LogP contribution in [0.5, 0.6) is 5.75 Å². The van der Waals surface area contributed by atoms with Crippen LogP contribution in [0.1, 0.15) is 27.9 Å². The van der Waals surface area contributed by atoms with E-state index < -0.39 is 29.3 Å². The van der Waals surface area contributed by atoms with Gasteiger partial charge in [0.2, 0.25) is 5.78 Å². The molecular formula is C24H17FN2O5S. The van der Waals surface area contributed by atoms with E-state index >= 15 is 0 Å². The Bertz CT molecular complexity index is 1450. The van der Waals surface area contributed by atoms with Crippen molar-refractivity contribution in [1.82, 2.24) is 4.98 Å². The van der Waals surface area contributed by atoms with E-state index in [4.69, 9.17) is 9.15 Å². The van der Waals surface area contributed by atoms with Crippen LogP contribution in [0.2, 0.25) is 0 Å². The molecule has 0 fully saturated rings. The molecule has 3 heterocycles. The highest BCUT2D eigenvalue weighted by Crippen LogP contribution is 2.44. The highest BCUT2D eigenvalue weighted by molar-refractivity contribution is 7.22. The molecule has 0 saturated carbocycles. The van der Waals surface area contributed by atoms with Crippen molar-refractivity contribution in [3.05, 3.63) is 88.8 Å². The van der Waals surface area contributed by atoms with Crippen LogP contribution < -0.4 is 9.64 Å². The minimum absolute atomic E-state index is 0.00275. The number of hydrogen-bond donors (Lipinski definition) is 1. The van der Waals surface area contributed by atoms with Crippen molar-refractivity contribution in [2.45, 2.75) is 13.0 Å². The number of carbonyl (C=O) groups excluding carboxylic acids is 2. The number of carbonyl (C=O) groups is 2. The molecule has 5 rings (SSSR count). The van der Waals surface area contributed by atoms with E-state index in [1.165, 1.54) is 36.3 Å². The Hall–Kier alpha value is -3.98. The number of fused-ring (bicyclic) bond motifs is 1. The summed E-state index contributed by atoms with van der Waals surface area (Å²) < 4.78 is 25.0. The summed E-state index contributed by atoms with van der Waals surface area (Å²) in [6.07, 6.45) is 0. The molecule has 1 aliphatic heterocycles. The second-order valence-corrected chi connectivity index (χ2v) is 8.47. The Balaban J connectivity index is 1.69. The fourth-order valence-electron chi connectivity index (χ4n) is 3.84. The molecule has 0 radical (unpaired) electrons. The SMILES string of the molecule is COc1cccc([C@H]2C(C(=O)c3ccc(C)o3)=C(O)C(=O)N2c2nc3ccc(F)cc3s2)c1. The average molecular weight is 464 g/mol. The van der Waals surface area contributed by atoms with Crippen LogP contribution in [0.25, 0.3) is 10.2 Å². The first kappa shape index (κ1) is 20.9. The lowest BCUT2D eigenvalue weighted by Crippen LogP contribution is -2.31. The van der Waals surface area contributed by atoms with Gasteiger partial charge < -0.3 is 14.3 Å². The van der Waals surface area contributed by atoms with Gasteiger partial charge in [0.25, 0.3) is 5.91 Å². The van der Waals surface area contributed by atoms with Crippen LogP contribution in [0.3, 0.4) is 0 Å². The van der Waals surface area contributed by atoms with Crippen molar-refractivity contribution >= 4 is 38.4 Å². The number of thiazole rings is 1. The predicted molar refractivity (Wildman–Crippen MR) is 120 cm³/mol. The zero-order valence-electron chi connectivity index (χ0n) is 17.5. The van der Waals surface area contributed by atoms with Crippen molar-refractivity contribution in [1.29, 1.82) is 0 Å². The molecule has 0 spiro atoms. The lowest BCUT2D eigenvalue weighted by atomic mass is 9.95. The summed E-state index contributed by atoms with van der Waals surface area (Å²) >= 11 is 1.09. The Labute approximate surface area is 191 Å². The lowest BCUT2D eigenvalue weighted by Gasteiger charge is -2.24. The van der Waals surface area contributed by atoms with Gasteiger partial charge in [-0.3, -0.25) is 14.5 Å². The van der Waals surface area contributed by atoms with Crippen molar-refractivity contribution in [3.8, 4) is 5.75 Å². The van der Waals surface area contributed by atoms with Crippen molar-refractivity contribution < 1.29 is 28.2 Å². The highest BCUT2D eigenvalue weighted by Gasteiger charge is 2.46. The summed E-state index contributed by atoms with van der Waals surface area (Å²) in [5.74, 6) is -1.48. The number of ketones is 1. The summed E-state index contributed by atoms with van der Waals surface area (Å²) in [5, 5.41) is 11.0. The third-order valence-corrected chi connectivity index (χ3v) is 6.39. The maximum absolute atomic E-state index is 13.7. The molecule has 9 heteroatoms. The number of hydrogen-bond acceptors (Lipinski definition) is 7. The van der Waals surface area contributed by atoms with Crippen LogP contribution in [-0.4, -0.2) is 28.9 Å². The number of benzene rings is 2. The van der Waals surface area contributed by atoms with Crippen LogP contribution in [0.4, 0.5) is 9.52 Å². The lowest BCUT2D eigenvalue weighted by molar-refractivity contribution is -0.117. The molecule has 0 aliphatic carbocycles. The third-order valence-electron chi connectivity index (χ3n) is 5.37. The van der Waals surface area contributed by atoms with Gasteiger partial charge in [-0.25, -0.2) is 9.37 Å². The molecule has 0 bridgehead atoms. The quantitative estimate of drug-likeness (QED) is 0.412. The van der Waals surface area contributed by atoms with Gasteiger partial charge in [0.05, 0.1) is 28.9 Å². The summed E-state index contributed by atoms with van der Waals surface area (Å²) in [7, 11) is 1.50.